The molecular weight excluding hydrogens is 272 g/mol. The SMILES string of the molecule is O=C(O)CC(=O)O.c1ccc(NNc2ccccc2)cc1. The van der Waals surface area contributed by atoms with E-state index >= 15 is 0 Å². The average molecular weight is 288 g/mol. The molecule has 0 saturated carbocycles. The van der Waals surface area contributed by atoms with Gasteiger partial charge in [0.2, 0.25) is 0 Å². The van der Waals surface area contributed by atoms with Gasteiger partial charge in [0.1, 0.15) is 6.42 Å². The Morgan fingerprint density at radius 3 is 1.29 bits per heavy atom. The quantitative estimate of drug-likeness (QED) is 0.499. The molecule has 110 valence electrons. The summed E-state index contributed by atoms with van der Waals surface area (Å²) in [5.41, 5.74) is 8.33. The van der Waals surface area contributed by atoms with E-state index in [1.165, 1.54) is 0 Å². The molecule has 2 aromatic carbocycles. The zero-order valence-electron chi connectivity index (χ0n) is 11.2. The van der Waals surface area contributed by atoms with E-state index in [4.69, 9.17) is 10.2 Å². The highest BCUT2D eigenvalue weighted by Gasteiger charge is 2.01. The lowest BCUT2D eigenvalue weighted by atomic mass is 10.3. The number of anilines is 2. The van der Waals surface area contributed by atoms with E-state index in [2.05, 4.69) is 10.9 Å². The van der Waals surface area contributed by atoms with Gasteiger partial charge in [0.15, 0.2) is 0 Å². The Morgan fingerprint density at radius 2 is 1.05 bits per heavy atom. The van der Waals surface area contributed by atoms with Crippen molar-refractivity contribution in [2.45, 2.75) is 6.42 Å². The van der Waals surface area contributed by atoms with Gasteiger partial charge in [-0.2, -0.15) is 0 Å². The number of benzene rings is 2. The zero-order chi connectivity index (χ0) is 15.5. The Morgan fingerprint density at radius 1 is 0.714 bits per heavy atom. The lowest BCUT2D eigenvalue weighted by molar-refractivity contribution is -0.147. The number of hydrogen-bond donors (Lipinski definition) is 4. The van der Waals surface area contributed by atoms with Crippen LogP contribution in [-0.2, 0) is 9.59 Å². The summed E-state index contributed by atoms with van der Waals surface area (Å²) in [7, 11) is 0. The number of carboxylic acids is 2. The fourth-order valence-corrected chi connectivity index (χ4v) is 1.32. The van der Waals surface area contributed by atoms with Crippen LogP contribution >= 0.6 is 0 Å². The molecule has 0 amide bonds. The number of para-hydroxylation sites is 2. The third-order valence-corrected chi connectivity index (χ3v) is 2.20. The molecule has 4 N–H and O–H groups in total. The summed E-state index contributed by atoms with van der Waals surface area (Å²) < 4.78 is 0. The Labute approximate surface area is 122 Å². The topological polar surface area (TPSA) is 98.7 Å². The van der Waals surface area contributed by atoms with E-state index in [1.807, 2.05) is 60.7 Å². The van der Waals surface area contributed by atoms with Crippen molar-refractivity contribution in [2.24, 2.45) is 0 Å². The minimum Gasteiger partial charge on any atom is -0.481 e. The summed E-state index contributed by atoms with van der Waals surface area (Å²) in [5, 5.41) is 15.4. The second-order valence-corrected chi connectivity index (χ2v) is 3.95. The minimum atomic E-state index is -1.31. The standard InChI is InChI=1S/C12H12N2.C3H4O4/c1-3-7-11(8-4-1)13-14-12-9-5-2-6-10-12;4-2(5)1-3(6)7/h1-10,13-14H;1H2,(H,4,5)(H,6,7). The molecule has 0 unspecified atom stereocenters. The Balaban J connectivity index is 0.000000270. The van der Waals surface area contributed by atoms with Crippen LogP contribution in [0.25, 0.3) is 0 Å². The first-order valence-corrected chi connectivity index (χ1v) is 6.13. The molecule has 2 rings (SSSR count). The molecule has 0 aliphatic carbocycles. The van der Waals surface area contributed by atoms with Crippen LogP contribution in [0.2, 0.25) is 0 Å². The first-order valence-electron chi connectivity index (χ1n) is 6.13. The van der Waals surface area contributed by atoms with Gasteiger partial charge in [-0.1, -0.05) is 36.4 Å². The van der Waals surface area contributed by atoms with Gasteiger partial charge in [-0.05, 0) is 24.3 Å². The molecule has 6 nitrogen and oxygen atoms in total. The highest BCUT2D eigenvalue weighted by atomic mass is 16.4. The van der Waals surface area contributed by atoms with Crippen LogP contribution in [0.5, 0.6) is 0 Å². The van der Waals surface area contributed by atoms with Crippen LogP contribution in [-0.4, -0.2) is 22.2 Å². The third-order valence-electron chi connectivity index (χ3n) is 2.20. The van der Waals surface area contributed by atoms with Gasteiger partial charge < -0.3 is 21.1 Å². The first-order chi connectivity index (χ1) is 10.1. The second-order valence-electron chi connectivity index (χ2n) is 3.95. The molecule has 0 heterocycles. The Hall–Kier alpha value is -3.02. The van der Waals surface area contributed by atoms with Crippen molar-refractivity contribution in [1.29, 1.82) is 0 Å². The highest BCUT2D eigenvalue weighted by Crippen LogP contribution is 2.08. The molecular formula is C15H16N2O4. The number of nitrogens with one attached hydrogen (secondary N) is 2. The fraction of sp³-hybridized carbons (Fsp3) is 0.0667. The summed E-state index contributed by atoms with van der Waals surface area (Å²) in [6, 6.07) is 20.0. The Bertz CT molecular complexity index is 507. The molecule has 0 aliphatic heterocycles. The van der Waals surface area contributed by atoms with Crippen LogP contribution in [0.4, 0.5) is 11.4 Å². The van der Waals surface area contributed by atoms with E-state index in [9.17, 15) is 9.59 Å². The maximum absolute atomic E-state index is 9.43. The van der Waals surface area contributed by atoms with E-state index in [0.29, 0.717) is 0 Å². The van der Waals surface area contributed by atoms with Crippen molar-refractivity contribution in [1.82, 2.24) is 0 Å². The zero-order valence-corrected chi connectivity index (χ0v) is 11.2. The average Bonchev–Trinajstić information content (AvgIpc) is 2.46. The largest absolute Gasteiger partial charge is 0.481 e. The third kappa shape index (κ3) is 7.89. The summed E-state index contributed by atoms with van der Waals surface area (Å²) in [4.78, 5) is 18.9. The fourth-order valence-electron chi connectivity index (χ4n) is 1.32. The molecule has 2 aromatic rings. The number of hydrogen-bond acceptors (Lipinski definition) is 4. The molecule has 0 fully saturated rings. The number of hydrazine groups is 1. The lowest BCUT2D eigenvalue weighted by Crippen LogP contribution is -2.07. The molecule has 0 atom stereocenters. The summed E-state index contributed by atoms with van der Waals surface area (Å²) in [6.45, 7) is 0. The highest BCUT2D eigenvalue weighted by molar-refractivity contribution is 5.88. The number of aliphatic carboxylic acids is 2. The van der Waals surface area contributed by atoms with Crippen molar-refractivity contribution in [3.05, 3.63) is 60.7 Å². The smallest absolute Gasteiger partial charge is 0.314 e. The predicted molar refractivity (Wildman–Crippen MR) is 80.0 cm³/mol. The number of rotatable bonds is 5. The van der Waals surface area contributed by atoms with Crippen molar-refractivity contribution < 1.29 is 19.8 Å². The molecule has 0 aromatic heterocycles. The second kappa shape index (κ2) is 8.98. The van der Waals surface area contributed by atoms with Gasteiger partial charge in [-0.25, -0.2) is 0 Å². The Kier molecular flexibility index (Phi) is 6.85. The minimum absolute atomic E-state index is 0.806. The molecule has 0 radical (unpaired) electrons. The van der Waals surface area contributed by atoms with Crippen LogP contribution in [0.1, 0.15) is 6.42 Å². The van der Waals surface area contributed by atoms with E-state index < -0.39 is 18.4 Å². The van der Waals surface area contributed by atoms with Gasteiger partial charge in [-0.15, -0.1) is 0 Å². The molecule has 0 spiro atoms. The molecule has 0 saturated heterocycles. The van der Waals surface area contributed by atoms with Crippen LogP contribution in [0.15, 0.2) is 60.7 Å². The lowest BCUT2D eigenvalue weighted by Gasteiger charge is -2.08. The van der Waals surface area contributed by atoms with Crippen molar-refractivity contribution >= 4 is 23.3 Å². The van der Waals surface area contributed by atoms with Crippen LogP contribution in [0.3, 0.4) is 0 Å². The monoisotopic (exact) mass is 288 g/mol. The van der Waals surface area contributed by atoms with Gasteiger partial charge in [0.25, 0.3) is 0 Å². The predicted octanol–water partition coefficient (Wildman–Crippen LogP) is 2.67. The van der Waals surface area contributed by atoms with E-state index in [1.54, 1.807) is 0 Å². The molecule has 0 aliphatic rings. The van der Waals surface area contributed by atoms with Gasteiger partial charge in [-0.3, -0.25) is 9.59 Å². The van der Waals surface area contributed by atoms with Crippen molar-refractivity contribution in [3.63, 3.8) is 0 Å². The summed E-state index contributed by atoms with van der Waals surface area (Å²) in [6.07, 6.45) is -0.806. The molecule has 0 bridgehead atoms. The van der Waals surface area contributed by atoms with Gasteiger partial charge in [0, 0.05) is 0 Å². The summed E-state index contributed by atoms with van der Waals surface area (Å²) in [5.74, 6) is -2.62. The van der Waals surface area contributed by atoms with Crippen LogP contribution < -0.4 is 10.9 Å². The van der Waals surface area contributed by atoms with Crippen LogP contribution in [0, 0.1) is 0 Å². The number of carbonyl (C=O) groups is 2. The van der Waals surface area contributed by atoms with Gasteiger partial charge in [0.05, 0.1) is 11.4 Å². The number of carboxylic acid groups (broad SMARTS) is 2. The first kappa shape index (κ1) is 16.0. The van der Waals surface area contributed by atoms with E-state index in [0.717, 1.165) is 11.4 Å². The molecule has 21 heavy (non-hydrogen) atoms. The van der Waals surface area contributed by atoms with Crippen molar-refractivity contribution in [2.75, 3.05) is 10.9 Å². The maximum Gasteiger partial charge on any atom is 0.314 e. The normalized spacial score (nSPS) is 8.95. The van der Waals surface area contributed by atoms with Crippen molar-refractivity contribution in [3.8, 4) is 0 Å². The molecule has 6 heteroatoms. The van der Waals surface area contributed by atoms with E-state index in [-0.39, 0.29) is 0 Å². The summed E-state index contributed by atoms with van der Waals surface area (Å²) >= 11 is 0. The maximum atomic E-state index is 9.43. The van der Waals surface area contributed by atoms with Gasteiger partial charge >= 0.3 is 11.9 Å².